The summed E-state index contributed by atoms with van der Waals surface area (Å²) in [6.07, 6.45) is 2.54. The van der Waals surface area contributed by atoms with Crippen LogP contribution in [0.25, 0.3) is 17.4 Å². The Morgan fingerprint density at radius 3 is 2.70 bits per heavy atom. The number of esters is 1. The Labute approximate surface area is 244 Å². The minimum Gasteiger partial charge on any atom is -0.493 e. The lowest BCUT2D eigenvalue weighted by Crippen LogP contribution is -2.40. The van der Waals surface area contributed by atoms with E-state index < -0.39 is 12.0 Å². The molecule has 1 aliphatic rings. The third kappa shape index (κ3) is 5.36. The van der Waals surface area contributed by atoms with Crippen molar-refractivity contribution in [3.05, 3.63) is 107 Å². The number of carbonyl (C=O) groups is 1. The zero-order valence-corrected chi connectivity index (χ0v) is 25.1. The average molecular weight is 622 g/mol. The molecule has 1 atom stereocenters. The number of ether oxygens (including phenoxy) is 2. The van der Waals surface area contributed by atoms with Gasteiger partial charge in [0.05, 0.1) is 29.0 Å². The van der Waals surface area contributed by atoms with Crippen LogP contribution in [0.4, 0.5) is 0 Å². The molecule has 4 aromatic rings. The maximum atomic E-state index is 13.9. The Kier molecular flexibility index (Phi) is 8.23. The number of aromatic nitrogens is 1. The molecule has 0 spiro atoms. The third-order valence-corrected chi connectivity index (χ3v) is 8.12. The Hall–Kier alpha value is -3.69. The Morgan fingerprint density at radius 1 is 1.15 bits per heavy atom. The van der Waals surface area contributed by atoms with Crippen LogP contribution in [-0.4, -0.2) is 23.8 Å². The van der Waals surface area contributed by atoms with Gasteiger partial charge in [-0.15, -0.1) is 0 Å². The second-order valence-corrected chi connectivity index (χ2v) is 11.2. The van der Waals surface area contributed by atoms with E-state index in [-0.39, 0.29) is 12.2 Å². The minimum absolute atomic E-state index is 0.207. The first-order valence-electron chi connectivity index (χ1n) is 13.1. The van der Waals surface area contributed by atoms with E-state index >= 15 is 0 Å². The quantitative estimate of drug-likeness (QED) is 0.228. The molecule has 1 aliphatic heterocycles. The Balaban J connectivity index is 1.65. The summed E-state index contributed by atoms with van der Waals surface area (Å²) in [5.41, 5.74) is 3.31. The number of hydrogen-bond acceptors (Lipinski definition) is 7. The van der Waals surface area contributed by atoms with Crippen LogP contribution >= 0.6 is 27.3 Å². The lowest BCUT2D eigenvalue weighted by atomic mass is 9.95. The number of rotatable bonds is 8. The molecule has 0 saturated carbocycles. The maximum absolute atomic E-state index is 13.9. The summed E-state index contributed by atoms with van der Waals surface area (Å²) in [6.45, 7) is 8.29. The summed E-state index contributed by atoms with van der Waals surface area (Å²) in [7, 11) is 0. The highest BCUT2D eigenvalue weighted by Gasteiger charge is 2.35. The molecular formula is C31H29BrN2O5S. The van der Waals surface area contributed by atoms with Crippen LogP contribution in [0, 0.1) is 6.92 Å². The highest BCUT2D eigenvalue weighted by atomic mass is 79.9. The van der Waals surface area contributed by atoms with Crippen molar-refractivity contribution in [2.75, 3.05) is 13.2 Å². The minimum atomic E-state index is -0.749. The van der Waals surface area contributed by atoms with Crippen molar-refractivity contribution in [1.29, 1.82) is 0 Å². The summed E-state index contributed by atoms with van der Waals surface area (Å²) in [5, 5.41) is 0. The topological polar surface area (TPSA) is 83.0 Å². The summed E-state index contributed by atoms with van der Waals surface area (Å²) in [5.74, 6) is 1.33. The van der Waals surface area contributed by atoms with Gasteiger partial charge in [0.1, 0.15) is 23.3 Å². The predicted molar refractivity (Wildman–Crippen MR) is 159 cm³/mol. The number of aryl methyl sites for hydroxylation is 1. The fraction of sp³-hybridized carbons (Fsp3) is 0.258. The van der Waals surface area contributed by atoms with Gasteiger partial charge in [-0.2, -0.15) is 0 Å². The molecule has 0 saturated heterocycles. The summed E-state index contributed by atoms with van der Waals surface area (Å²) >= 11 is 4.86. The van der Waals surface area contributed by atoms with Gasteiger partial charge in [0, 0.05) is 21.7 Å². The number of fused-ring (bicyclic) bond motifs is 1. The van der Waals surface area contributed by atoms with Gasteiger partial charge in [-0.1, -0.05) is 58.5 Å². The second-order valence-electron chi connectivity index (χ2n) is 9.37. The van der Waals surface area contributed by atoms with Gasteiger partial charge in [0.25, 0.3) is 5.56 Å². The van der Waals surface area contributed by atoms with Crippen molar-refractivity contribution in [2.24, 2.45) is 4.99 Å². The van der Waals surface area contributed by atoms with Gasteiger partial charge in [-0.25, -0.2) is 9.79 Å². The molecule has 0 bridgehead atoms. The molecular weight excluding hydrogens is 592 g/mol. The van der Waals surface area contributed by atoms with Gasteiger partial charge in [-0.3, -0.25) is 9.36 Å². The van der Waals surface area contributed by atoms with Crippen molar-refractivity contribution < 1.29 is 18.7 Å². The molecule has 2 aromatic heterocycles. The first kappa shape index (κ1) is 27.9. The van der Waals surface area contributed by atoms with Crippen LogP contribution in [-0.2, 0) is 9.53 Å². The summed E-state index contributed by atoms with van der Waals surface area (Å²) in [4.78, 5) is 32.3. The SMILES string of the molecule is CCCOc1ccccc1[C@@H]1C(C(=O)OCC)=C(C)N=c2s/c(=C/c3ccc(-c4ccc(C)cc4Br)o3)c(=O)n21. The predicted octanol–water partition coefficient (Wildman–Crippen LogP) is 5.92. The molecule has 5 rings (SSSR count). The van der Waals surface area contributed by atoms with E-state index in [1.807, 2.05) is 68.4 Å². The smallest absolute Gasteiger partial charge is 0.338 e. The molecule has 40 heavy (non-hydrogen) atoms. The van der Waals surface area contributed by atoms with Crippen LogP contribution in [0.2, 0.25) is 0 Å². The highest BCUT2D eigenvalue weighted by molar-refractivity contribution is 9.10. The van der Waals surface area contributed by atoms with Crippen molar-refractivity contribution >= 4 is 39.3 Å². The summed E-state index contributed by atoms with van der Waals surface area (Å²) < 4.78 is 20.5. The fourth-order valence-corrected chi connectivity index (χ4v) is 6.38. The Bertz CT molecular complexity index is 1800. The first-order chi connectivity index (χ1) is 19.3. The van der Waals surface area contributed by atoms with E-state index in [9.17, 15) is 9.59 Å². The molecule has 0 amide bonds. The van der Waals surface area contributed by atoms with Crippen LogP contribution in [0.3, 0.4) is 0 Å². The molecule has 0 radical (unpaired) electrons. The van der Waals surface area contributed by atoms with Gasteiger partial charge in [-0.05, 0) is 63.1 Å². The number of furan rings is 1. The van der Waals surface area contributed by atoms with Crippen LogP contribution < -0.4 is 19.6 Å². The largest absolute Gasteiger partial charge is 0.493 e. The number of thiazole rings is 1. The fourth-order valence-electron chi connectivity index (χ4n) is 4.66. The first-order valence-corrected chi connectivity index (χ1v) is 14.7. The lowest BCUT2D eigenvalue weighted by molar-refractivity contribution is -0.139. The van der Waals surface area contributed by atoms with E-state index in [0.29, 0.717) is 50.0 Å². The third-order valence-electron chi connectivity index (χ3n) is 6.48. The monoisotopic (exact) mass is 620 g/mol. The molecule has 2 aromatic carbocycles. The molecule has 0 unspecified atom stereocenters. The molecule has 0 fully saturated rings. The zero-order chi connectivity index (χ0) is 28.4. The lowest BCUT2D eigenvalue weighted by Gasteiger charge is -2.26. The van der Waals surface area contributed by atoms with Gasteiger partial charge < -0.3 is 13.9 Å². The van der Waals surface area contributed by atoms with Crippen LogP contribution in [0.1, 0.15) is 50.1 Å². The molecule has 3 heterocycles. The molecule has 0 N–H and O–H groups in total. The van der Waals surface area contributed by atoms with Crippen molar-refractivity contribution in [3.63, 3.8) is 0 Å². The average Bonchev–Trinajstić information content (AvgIpc) is 3.51. The van der Waals surface area contributed by atoms with E-state index in [1.165, 1.54) is 11.3 Å². The number of benzene rings is 2. The van der Waals surface area contributed by atoms with E-state index in [2.05, 4.69) is 20.9 Å². The van der Waals surface area contributed by atoms with Gasteiger partial charge in [0.15, 0.2) is 4.80 Å². The number of allylic oxidation sites excluding steroid dienone is 1. The number of halogens is 1. The summed E-state index contributed by atoms with van der Waals surface area (Å²) in [6, 6.07) is 16.5. The Morgan fingerprint density at radius 2 is 1.95 bits per heavy atom. The number of nitrogens with zero attached hydrogens (tertiary/aromatic N) is 2. The molecule has 206 valence electrons. The normalized spacial score (nSPS) is 15.1. The van der Waals surface area contributed by atoms with Gasteiger partial charge >= 0.3 is 5.97 Å². The van der Waals surface area contributed by atoms with Gasteiger partial charge in [0.2, 0.25) is 0 Å². The number of carbonyl (C=O) groups excluding carboxylic acids is 1. The van der Waals surface area contributed by atoms with E-state index in [4.69, 9.17) is 13.9 Å². The second kappa shape index (κ2) is 11.8. The highest BCUT2D eigenvalue weighted by Crippen LogP contribution is 2.36. The molecule has 0 aliphatic carbocycles. The van der Waals surface area contributed by atoms with Crippen molar-refractivity contribution in [3.8, 4) is 17.1 Å². The molecule has 7 nitrogen and oxygen atoms in total. The van der Waals surface area contributed by atoms with E-state index in [1.54, 1.807) is 24.5 Å². The van der Waals surface area contributed by atoms with Crippen LogP contribution in [0.15, 0.2) is 84.5 Å². The number of hydrogen-bond donors (Lipinski definition) is 0. The zero-order valence-electron chi connectivity index (χ0n) is 22.7. The van der Waals surface area contributed by atoms with E-state index in [0.717, 1.165) is 22.0 Å². The maximum Gasteiger partial charge on any atom is 0.338 e. The van der Waals surface area contributed by atoms with Crippen molar-refractivity contribution in [2.45, 2.75) is 40.2 Å². The molecule has 9 heteroatoms. The van der Waals surface area contributed by atoms with Crippen molar-refractivity contribution in [1.82, 2.24) is 4.57 Å². The van der Waals surface area contributed by atoms with Crippen LogP contribution in [0.5, 0.6) is 5.75 Å². The number of para-hydroxylation sites is 1. The standard InChI is InChI=1S/C31H29BrN2O5S/c1-5-15-38-24-10-8-7-9-22(24)28-27(30(36)37-6-2)19(4)33-31-34(28)29(35)26(40-31)17-20-12-14-25(39-20)21-13-11-18(3)16-23(21)32/h7-14,16-17,28H,5-6,15H2,1-4H3/b26-17+/t28-/m1/s1.